The Hall–Kier alpha value is -3.98. The van der Waals surface area contributed by atoms with Crippen molar-refractivity contribution in [3.05, 3.63) is 89.7 Å². The zero-order valence-electron chi connectivity index (χ0n) is 16.5. The molecule has 0 atom stereocenters. The summed E-state index contributed by atoms with van der Waals surface area (Å²) in [5, 5.41) is 4.31. The third-order valence-corrected chi connectivity index (χ3v) is 4.96. The number of rotatable bonds is 7. The number of hydrogen-bond donors (Lipinski definition) is 1. The highest BCUT2D eigenvalue weighted by atomic mass is 32.2. The average Bonchev–Trinajstić information content (AvgIpc) is 3.21. The highest BCUT2D eigenvalue weighted by molar-refractivity contribution is 7.99. The summed E-state index contributed by atoms with van der Waals surface area (Å²) in [4.78, 5) is 28.4. The van der Waals surface area contributed by atoms with E-state index in [1.54, 1.807) is 30.3 Å². The third kappa shape index (κ3) is 5.58. The number of nitrogens with zero attached hydrogens (tertiary/aromatic N) is 2. The van der Waals surface area contributed by atoms with Gasteiger partial charge in [0, 0.05) is 0 Å². The summed E-state index contributed by atoms with van der Waals surface area (Å²) in [7, 11) is 0. The smallest absolute Gasteiger partial charge is 0.343 e. The number of para-hydroxylation sites is 2. The normalized spacial score (nSPS) is 11.0. The molecule has 1 aromatic heterocycles. The topological polar surface area (TPSA) is 93.8 Å². The Balaban J connectivity index is 1.29. The first-order valence-electron chi connectivity index (χ1n) is 9.45. The van der Waals surface area contributed by atoms with Crippen molar-refractivity contribution in [1.82, 2.24) is 10.4 Å². The Kier molecular flexibility index (Phi) is 6.57. The second kappa shape index (κ2) is 9.88. The lowest BCUT2D eigenvalue weighted by molar-refractivity contribution is -0.118. The Labute approximate surface area is 186 Å². The minimum atomic E-state index is -0.678. The molecule has 1 N–H and O–H groups in total. The van der Waals surface area contributed by atoms with Crippen molar-refractivity contribution in [2.24, 2.45) is 5.10 Å². The van der Waals surface area contributed by atoms with Crippen molar-refractivity contribution in [2.75, 3.05) is 5.75 Å². The van der Waals surface area contributed by atoms with E-state index < -0.39 is 11.8 Å². The van der Waals surface area contributed by atoms with E-state index in [9.17, 15) is 14.0 Å². The Bertz CT molecular complexity index is 1270. The van der Waals surface area contributed by atoms with Crippen molar-refractivity contribution < 1.29 is 23.1 Å². The van der Waals surface area contributed by atoms with E-state index in [0.29, 0.717) is 16.4 Å². The number of ether oxygens (including phenoxy) is 1. The summed E-state index contributed by atoms with van der Waals surface area (Å²) in [6.45, 7) is 0. The van der Waals surface area contributed by atoms with Crippen LogP contribution in [0.2, 0.25) is 0 Å². The third-order valence-electron chi connectivity index (χ3n) is 4.13. The molecule has 7 nitrogen and oxygen atoms in total. The standard InChI is InChI=1S/C23H16FN3O4S/c24-17-7-4-6-16(12-17)22(29)30-18-8-3-5-15(11-18)13-25-27-21(28)14-32-23-26-19-9-1-2-10-20(19)31-23/h1-13H,14H2,(H,27,28)/b25-13+. The summed E-state index contributed by atoms with van der Waals surface area (Å²) in [6, 6.07) is 19.1. The maximum Gasteiger partial charge on any atom is 0.343 e. The molecule has 0 saturated carbocycles. The van der Waals surface area contributed by atoms with E-state index in [1.165, 1.54) is 24.4 Å². The first kappa shape index (κ1) is 21.3. The molecule has 4 aromatic rings. The van der Waals surface area contributed by atoms with Crippen LogP contribution in [-0.4, -0.2) is 28.8 Å². The molecule has 0 aliphatic rings. The second-order valence-electron chi connectivity index (χ2n) is 6.50. The number of benzene rings is 3. The molecule has 0 unspecified atom stereocenters. The van der Waals surface area contributed by atoms with Gasteiger partial charge in [-0.25, -0.2) is 19.6 Å². The van der Waals surface area contributed by atoms with Gasteiger partial charge in [0.2, 0.25) is 0 Å². The van der Waals surface area contributed by atoms with Crippen molar-refractivity contribution >= 4 is 41.0 Å². The maximum atomic E-state index is 13.3. The maximum absolute atomic E-state index is 13.3. The first-order valence-corrected chi connectivity index (χ1v) is 10.4. The number of amides is 1. The predicted molar refractivity (Wildman–Crippen MR) is 118 cm³/mol. The van der Waals surface area contributed by atoms with Crippen LogP contribution in [0.15, 0.2) is 87.5 Å². The molecule has 0 fully saturated rings. The van der Waals surface area contributed by atoms with Gasteiger partial charge in [-0.2, -0.15) is 5.10 Å². The number of hydrogen-bond acceptors (Lipinski definition) is 7. The van der Waals surface area contributed by atoms with Crippen molar-refractivity contribution in [3.8, 4) is 5.75 Å². The molecule has 160 valence electrons. The molecule has 0 aliphatic carbocycles. The number of aromatic nitrogens is 1. The number of thioether (sulfide) groups is 1. The Morgan fingerprint density at radius 1 is 1.09 bits per heavy atom. The van der Waals surface area contributed by atoms with E-state index in [-0.39, 0.29) is 23.0 Å². The first-order chi connectivity index (χ1) is 15.6. The van der Waals surface area contributed by atoms with Gasteiger partial charge < -0.3 is 9.15 Å². The van der Waals surface area contributed by atoms with Gasteiger partial charge in [-0.3, -0.25) is 4.79 Å². The lowest BCUT2D eigenvalue weighted by Gasteiger charge is -2.05. The number of carbonyl (C=O) groups is 2. The van der Waals surface area contributed by atoms with Crippen molar-refractivity contribution in [3.63, 3.8) is 0 Å². The lowest BCUT2D eigenvalue weighted by Crippen LogP contribution is -2.19. The van der Waals surface area contributed by atoms with Gasteiger partial charge in [-0.15, -0.1) is 0 Å². The monoisotopic (exact) mass is 449 g/mol. The number of fused-ring (bicyclic) bond motifs is 1. The fourth-order valence-corrected chi connectivity index (χ4v) is 3.32. The quantitative estimate of drug-likeness (QED) is 0.148. The number of halogens is 1. The molecule has 0 bridgehead atoms. The lowest BCUT2D eigenvalue weighted by atomic mass is 10.2. The SMILES string of the molecule is O=C(CSc1nc2ccccc2o1)N/N=C/c1cccc(OC(=O)c2cccc(F)c2)c1. The van der Waals surface area contributed by atoms with Crippen LogP contribution in [0.1, 0.15) is 15.9 Å². The van der Waals surface area contributed by atoms with Crippen LogP contribution in [0.3, 0.4) is 0 Å². The van der Waals surface area contributed by atoms with E-state index in [0.717, 1.165) is 23.3 Å². The molecule has 0 radical (unpaired) electrons. The molecule has 0 spiro atoms. The minimum Gasteiger partial charge on any atom is -0.431 e. The molecule has 3 aromatic carbocycles. The van der Waals surface area contributed by atoms with Crippen molar-refractivity contribution in [1.29, 1.82) is 0 Å². The van der Waals surface area contributed by atoms with Crippen LogP contribution in [-0.2, 0) is 4.79 Å². The van der Waals surface area contributed by atoms with Gasteiger partial charge in [-0.05, 0) is 48.0 Å². The largest absolute Gasteiger partial charge is 0.431 e. The summed E-state index contributed by atoms with van der Waals surface area (Å²) in [5.41, 5.74) is 4.51. The van der Waals surface area contributed by atoms with Crippen molar-refractivity contribution in [2.45, 2.75) is 5.22 Å². The summed E-state index contributed by atoms with van der Waals surface area (Å²) < 4.78 is 24.1. The van der Waals surface area contributed by atoms with Crippen LogP contribution in [0.5, 0.6) is 5.75 Å². The van der Waals surface area contributed by atoms with Gasteiger partial charge >= 0.3 is 5.97 Å². The van der Waals surface area contributed by atoms with Crippen LogP contribution in [0, 0.1) is 5.82 Å². The van der Waals surface area contributed by atoms with Gasteiger partial charge in [0.25, 0.3) is 11.1 Å². The summed E-state index contributed by atoms with van der Waals surface area (Å²) in [5.74, 6) is -1.19. The predicted octanol–water partition coefficient (Wildman–Crippen LogP) is 4.43. The number of nitrogens with one attached hydrogen (secondary N) is 1. The zero-order valence-corrected chi connectivity index (χ0v) is 17.3. The molecule has 32 heavy (non-hydrogen) atoms. The van der Waals surface area contributed by atoms with Gasteiger partial charge in [0.05, 0.1) is 17.5 Å². The zero-order chi connectivity index (χ0) is 22.3. The van der Waals surface area contributed by atoms with Crippen LogP contribution < -0.4 is 10.2 Å². The molecule has 0 saturated heterocycles. The molecule has 0 aliphatic heterocycles. The molecular weight excluding hydrogens is 433 g/mol. The van der Waals surface area contributed by atoms with Crippen LogP contribution in [0.4, 0.5) is 4.39 Å². The average molecular weight is 449 g/mol. The van der Waals surface area contributed by atoms with Gasteiger partial charge in [0.15, 0.2) is 5.58 Å². The molecule has 9 heteroatoms. The summed E-state index contributed by atoms with van der Waals surface area (Å²) in [6.07, 6.45) is 1.42. The minimum absolute atomic E-state index is 0.0788. The van der Waals surface area contributed by atoms with E-state index in [2.05, 4.69) is 15.5 Å². The van der Waals surface area contributed by atoms with E-state index in [4.69, 9.17) is 9.15 Å². The van der Waals surface area contributed by atoms with E-state index in [1.807, 2.05) is 18.2 Å². The number of carbonyl (C=O) groups excluding carboxylic acids is 2. The highest BCUT2D eigenvalue weighted by Crippen LogP contribution is 2.22. The fraction of sp³-hybridized carbons (Fsp3) is 0.0435. The number of hydrazone groups is 1. The Morgan fingerprint density at radius 2 is 1.94 bits per heavy atom. The molecule has 4 rings (SSSR count). The molecule has 1 heterocycles. The highest BCUT2D eigenvalue weighted by Gasteiger charge is 2.10. The van der Waals surface area contributed by atoms with Crippen LogP contribution in [0.25, 0.3) is 11.1 Å². The summed E-state index contributed by atoms with van der Waals surface area (Å²) >= 11 is 1.16. The van der Waals surface area contributed by atoms with E-state index >= 15 is 0 Å². The Morgan fingerprint density at radius 3 is 2.78 bits per heavy atom. The molecular formula is C23H16FN3O4S. The number of oxazole rings is 1. The van der Waals surface area contributed by atoms with Gasteiger partial charge in [0.1, 0.15) is 17.1 Å². The second-order valence-corrected chi connectivity index (χ2v) is 7.43. The van der Waals surface area contributed by atoms with Crippen LogP contribution >= 0.6 is 11.8 Å². The number of esters is 1. The molecule has 1 amide bonds. The fourth-order valence-electron chi connectivity index (χ4n) is 2.69. The van der Waals surface area contributed by atoms with Gasteiger partial charge in [-0.1, -0.05) is 42.1 Å².